The number of nitrogens with one attached hydrogen (secondary N) is 2. The number of benzene rings is 1. The molecule has 0 saturated carbocycles. The Morgan fingerprint density at radius 3 is 3.09 bits per heavy atom. The first kappa shape index (κ1) is 15.5. The average Bonchev–Trinajstić information content (AvgIpc) is 3.18. The monoisotopic (exact) mass is 336 g/mol. The van der Waals surface area contributed by atoms with Crippen molar-refractivity contribution in [3.05, 3.63) is 28.8 Å². The van der Waals surface area contributed by atoms with E-state index in [2.05, 4.69) is 10.6 Å². The maximum absolute atomic E-state index is 12.3. The molecule has 0 aromatic heterocycles. The van der Waals surface area contributed by atoms with E-state index in [0.29, 0.717) is 10.6 Å². The third-order valence-electron chi connectivity index (χ3n) is 3.95. The summed E-state index contributed by atoms with van der Waals surface area (Å²) < 4.78 is 0. The van der Waals surface area contributed by atoms with E-state index < -0.39 is 0 Å². The number of hydrogen-bond donors (Lipinski definition) is 2. The van der Waals surface area contributed by atoms with Crippen LogP contribution in [0.15, 0.2) is 18.2 Å². The Bertz CT molecular complexity index is 612. The highest BCUT2D eigenvalue weighted by Crippen LogP contribution is 2.23. The molecule has 2 N–H and O–H groups in total. The van der Waals surface area contributed by atoms with Crippen molar-refractivity contribution in [2.45, 2.75) is 18.5 Å². The minimum atomic E-state index is -0.106. The van der Waals surface area contributed by atoms with Crippen LogP contribution in [0.4, 0.5) is 5.69 Å². The Morgan fingerprint density at radius 2 is 2.41 bits per heavy atom. The van der Waals surface area contributed by atoms with Gasteiger partial charge in [0.25, 0.3) is 0 Å². The summed E-state index contributed by atoms with van der Waals surface area (Å²) in [5.41, 5.74) is 1.34. The first-order chi connectivity index (χ1) is 10.7. The lowest BCUT2D eigenvalue weighted by molar-refractivity contribution is -0.131. The molecule has 2 aliphatic rings. The van der Waals surface area contributed by atoms with E-state index in [1.54, 1.807) is 23.9 Å². The van der Waals surface area contributed by atoms with Gasteiger partial charge < -0.3 is 15.5 Å². The molecule has 7 heteroatoms. The Balaban J connectivity index is 1.58. The van der Waals surface area contributed by atoms with Crippen LogP contribution in [0, 0.1) is 11.3 Å². The number of halogens is 1. The molecule has 0 radical (unpaired) electrons. The molecule has 116 valence electrons. The second kappa shape index (κ2) is 6.78. The van der Waals surface area contributed by atoms with Crippen LogP contribution in [-0.2, 0) is 4.79 Å². The molecule has 3 rings (SSSR count). The lowest BCUT2D eigenvalue weighted by Gasteiger charge is -2.19. The zero-order valence-electron chi connectivity index (χ0n) is 12.0. The summed E-state index contributed by atoms with van der Waals surface area (Å²) in [4.78, 5) is 14.3. The van der Waals surface area contributed by atoms with Crippen molar-refractivity contribution < 1.29 is 4.79 Å². The smallest absolute Gasteiger partial charge is 0.240 e. The standard InChI is InChI=1S/C15H17ClN4OS/c16-13-5-11(2-1-10(13)7-17)19-12-6-14(18-8-12)15(21)20-3-4-22-9-20/h1-2,5,12,14,18-19H,3-4,6,8-9H2/t12-,14-/m0/s1. The van der Waals surface area contributed by atoms with E-state index in [1.807, 2.05) is 17.0 Å². The van der Waals surface area contributed by atoms with Gasteiger partial charge in [0.2, 0.25) is 5.91 Å². The molecule has 0 spiro atoms. The number of rotatable bonds is 3. The van der Waals surface area contributed by atoms with Gasteiger partial charge in [-0.05, 0) is 24.6 Å². The van der Waals surface area contributed by atoms with Crippen LogP contribution in [0.2, 0.25) is 5.02 Å². The minimum Gasteiger partial charge on any atom is -0.381 e. The number of carbonyl (C=O) groups excluding carboxylic acids is 1. The maximum Gasteiger partial charge on any atom is 0.240 e. The minimum absolute atomic E-state index is 0.106. The number of anilines is 1. The lowest BCUT2D eigenvalue weighted by atomic mass is 10.1. The fourth-order valence-corrected chi connectivity index (χ4v) is 3.95. The third kappa shape index (κ3) is 3.32. The van der Waals surface area contributed by atoms with Crippen molar-refractivity contribution in [2.24, 2.45) is 0 Å². The van der Waals surface area contributed by atoms with Crippen molar-refractivity contribution in [1.29, 1.82) is 5.26 Å². The second-order valence-corrected chi connectivity index (χ2v) is 6.97. The summed E-state index contributed by atoms with van der Waals surface area (Å²) in [7, 11) is 0. The molecule has 1 aromatic carbocycles. The van der Waals surface area contributed by atoms with Crippen molar-refractivity contribution >= 4 is 35.0 Å². The number of nitrogens with zero attached hydrogens (tertiary/aromatic N) is 2. The number of carbonyl (C=O) groups is 1. The molecule has 0 bridgehead atoms. The van der Waals surface area contributed by atoms with Crippen LogP contribution in [-0.4, -0.2) is 47.6 Å². The number of thioether (sulfide) groups is 1. The largest absolute Gasteiger partial charge is 0.381 e. The topological polar surface area (TPSA) is 68.2 Å². The van der Waals surface area contributed by atoms with Gasteiger partial charge in [-0.15, -0.1) is 11.8 Å². The molecule has 5 nitrogen and oxygen atoms in total. The lowest BCUT2D eigenvalue weighted by Crippen LogP contribution is -2.42. The van der Waals surface area contributed by atoms with E-state index in [0.717, 1.165) is 36.8 Å². The zero-order chi connectivity index (χ0) is 15.5. The van der Waals surface area contributed by atoms with Crippen LogP contribution >= 0.6 is 23.4 Å². The summed E-state index contributed by atoms with van der Waals surface area (Å²) >= 11 is 7.84. The summed E-state index contributed by atoms with van der Waals surface area (Å²) in [6, 6.07) is 7.43. The fourth-order valence-electron chi connectivity index (χ4n) is 2.77. The van der Waals surface area contributed by atoms with Crippen molar-refractivity contribution in [1.82, 2.24) is 10.2 Å². The van der Waals surface area contributed by atoms with Gasteiger partial charge in [0.05, 0.1) is 22.5 Å². The highest BCUT2D eigenvalue weighted by Gasteiger charge is 2.33. The van der Waals surface area contributed by atoms with Crippen LogP contribution in [0.3, 0.4) is 0 Å². The third-order valence-corrected chi connectivity index (χ3v) is 5.23. The Labute approximate surface area is 139 Å². The van der Waals surface area contributed by atoms with Gasteiger partial charge in [-0.1, -0.05) is 11.6 Å². The average molecular weight is 337 g/mol. The Morgan fingerprint density at radius 1 is 1.55 bits per heavy atom. The predicted octanol–water partition coefficient (Wildman–Crippen LogP) is 1.89. The predicted molar refractivity (Wildman–Crippen MR) is 89.0 cm³/mol. The molecule has 2 atom stereocenters. The van der Waals surface area contributed by atoms with Crippen LogP contribution in [0.1, 0.15) is 12.0 Å². The van der Waals surface area contributed by atoms with Crippen molar-refractivity contribution in [3.8, 4) is 6.07 Å². The van der Waals surface area contributed by atoms with E-state index in [-0.39, 0.29) is 18.0 Å². The first-order valence-electron chi connectivity index (χ1n) is 7.23. The normalized spacial score (nSPS) is 24.3. The molecule has 0 aliphatic carbocycles. The molecule has 1 aromatic rings. The molecule has 0 unspecified atom stereocenters. The Kier molecular flexibility index (Phi) is 4.77. The van der Waals surface area contributed by atoms with Crippen LogP contribution in [0.5, 0.6) is 0 Å². The SMILES string of the molecule is N#Cc1ccc(N[C@@H]2CN[C@H](C(=O)N3CCSC3)C2)cc1Cl. The summed E-state index contributed by atoms with van der Waals surface area (Å²) in [6.07, 6.45) is 0.762. The van der Waals surface area contributed by atoms with Gasteiger partial charge >= 0.3 is 0 Å². The van der Waals surface area contributed by atoms with E-state index in [9.17, 15) is 4.79 Å². The van der Waals surface area contributed by atoms with Gasteiger partial charge in [-0.25, -0.2) is 0 Å². The molecule has 2 heterocycles. The highest BCUT2D eigenvalue weighted by atomic mass is 35.5. The van der Waals surface area contributed by atoms with E-state index >= 15 is 0 Å². The summed E-state index contributed by atoms with van der Waals surface area (Å²) in [6.45, 7) is 1.60. The number of hydrogen-bond acceptors (Lipinski definition) is 5. The Hall–Kier alpha value is -1.42. The number of nitriles is 1. The van der Waals surface area contributed by atoms with Gasteiger partial charge in [0, 0.05) is 30.6 Å². The molecule has 2 saturated heterocycles. The highest BCUT2D eigenvalue weighted by molar-refractivity contribution is 7.99. The summed E-state index contributed by atoms with van der Waals surface area (Å²) in [5, 5.41) is 16.0. The molecular weight excluding hydrogens is 320 g/mol. The summed E-state index contributed by atoms with van der Waals surface area (Å²) in [5.74, 6) is 2.04. The van der Waals surface area contributed by atoms with E-state index in [4.69, 9.17) is 16.9 Å². The van der Waals surface area contributed by atoms with Gasteiger partial charge in [0.15, 0.2) is 0 Å². The first-order valence-corrected chi connectivity index (χ1v) is 8.77. The molecule has 1 amide bonds. The van der Waals surface area contributed by atoms with Crippen molar-refractivity contribution in [3.63, 3.8) is 0 Å². The molecular formula is C15H17ClN4OS. The maximum atomic E-state index is 12.3. The molecule has 2 fully saturated rings. The second-order valence-electron chi connectivity index (χ2n) is 5.48. The van der Waals surface area contributed by atoms with E-state index in [1.165, 1.54) is 0 Å². The van der Waals surface area contributed by atoms with Gasteiger partial charge in [-0.2, -0.15) is 5.26 Å². The quantitative estimate of drug-likeness (QED) is 0.882. The van der Waals surface area contributed by atoms with Crippen molar-refractivity contribution in [2.75, 3.05) is 30.0 Å². The van der Waals surface area contributed by atoms with Gasteiger partial charge in [-0.3, -0.25) is 4.79 Å². The van der Waals surface area contributed by atoms with Crippen LogP contribution in [0.25, 0.3) is 0 Å². The zero-order valence-corrected chi connectivity index (χ0v) is 13.6. The fraction of sp³-hybridized carbons (Fsp3) is 0.467. The van der Waals surface area contributed by atoms with Crippen LogP contribution < -0.4 is 10.6 Å². The number of amides is 1. The molecule has 22 heavy (non-hydrogen) atoms. The van der Waals surface area contributed by atoms with Gasteiger partial charge in [0.1, 0.15) is 6.07 Å². The molecule has 2 aliphatic heterocycles.